The topological polar surface area (TPSA) is 79.5 Å². The highest BCUT2D eigenvalue weighted by Gasteiger charge is 2.15. The minimum absolute atomic E-state index is 0.268. The normalized spacial score (nSPS) is 11.3. The predicted molar refractivity (Wildman–Crippen MR) is 151 cm³/mol. The molecule has 0 aliphatic heterocycles. The van der Waals surface area contributed by atoms with Crippen LogP contribution in [-0.4, -0.2) is 25.1 Å². The summed E-state index contributed by atoms with van der Waals surface area (Å²) in [5, 5.41) is 9.74. The van der Waals surface area contributed by atoms with Crippen molar-refractivity contribution in [1.29, 1.82) is 0 Å². The van der Waals surface area contributed by atoms with E-state index in [1.165, 1.54) is 12.1 Å². The molecular formula is C32H22FN5O. The van der Waals surface area contributed by atoms with E-state index in [9.17, 15) is 4.39 Å². The van der Waals surface area contributed by atoms with E-state index in [2.05, 4.69) is 37.3 Å². The molecule has 0 saturated heterocycles. The van der Waals surface area contributed by atoms with Gasteiger partial charge in [0.05, 0.1) is 29.1 Å². The van der Waals surface area contributed by atoms with E-state index in [-0.39, 0.29) is 5.82 Å². The number of halogens is 1. The molecular weight excluding hydrogens is 489 g/mol. The highest BCUT2D eigenvalue weighted by atomic mass is 19.1. The molecule has 188 valence electrons. The van der Waals surface area contributed by atoms with Crippen LogP contribution in [0.25, 0.3) is 55.4 Å². The third kappa shape index (κ3) is 4.40. The van der Waals surface area contributed by atoms with Crippen LogP contribution in [-0.2, 0) is 6.61 Å². The van der Waals surface area contributed by atoms with Gasteiger partial charge in [0.15, 0.2) is 0 Å². The Bertz CT molecular complexity index is 1930. The van der Waals surface area contributed by atoms with Gasteiger partial charge in [-0.15, -0.1) is 0 Å². The fraction of sp³-hybridized carbons (Fsp3) is 0.0312. The summed E-state index contributed by atoms with van der Waals surface area (Å²) in [4.78, 5) is 12.3. The van der Waals surface area contributed by atoms with Gasteiger partial charge in [0.1, 0.15) is 23.9 Å². The average molecular weight is 512 g/mol. The summed E-state index contributed by atoms with van der Waals surface area (Å²) in [6.07, 6.45) is 7.15. The van der Waals surface area contributed by atoms with Gasteiger partial charge in [-0.3, -0.25) is 15.1 Å². The van der Waals surface area contributed by atoms with Crippen molar-refractivity contribution in [3.05, 3.63) is 121 Å². The number of H-pyrrole nitrogens is 2. The second-order valence-corrected chi connectivity index (χ2v) is 9.35. The zero-order chi connectivity index (χ0) is 26.2. The van der Waals surface area contributed by atoms with E-state index in [0.717, 1.165) is 61.0 Å². The van der Waals surface area contributed by atoms with Crippen LogP contribution >= 0.6 is 0 Å². The summed E-state index contributed by atoms with van der Waals surface area (Å²) in [7, 11) is 0. The van der Waals surface area contributed by atoms with E-state index in [4.69, 9.17) is 4.74 Å². The van der Waals surface area contributed by atoms with E-state index in [1.807, 2.05) is 54.7 Å². The molecule has 0 amide bonds. The standard InChI is InChI=1S/C32H22FN5O/c33-24-9-6-21(7-10-24)28-17-35-18-31-26(28)14-30(36-31)32-27-13-22(8-11-29(27)37-38-32)23-12-25(16-34-15-23)39-19-20-4-2-1-3-5-20/h1-18,36H,19H2,(H,37,38). The van der Waals surface area contributed by atoms with Crippen LogP contribution in [0.1, 0.15) is 5.56 Å². The monoisotopic (exact) mass is 511 g/mol. The SMILES string of the molecule is Fc1ccc(-c2cncc3[nH]c(-c4n[nH]c5ccc(-c6cncc(OCc7ccccc7)c6)cc45)cc23)cc1. The first-order valence-corrected chi connectivity index (χ1v) is 12.5. The van der Waals surface area contributed by atoms with Crippen molar-refractivity contribution in [2.75, 3.05) is 0 Å². The Morgan fingerprint density at radius 3 is 2.38 bits per heavy atom. The Balaban J connectivity index is 1.24. The summed E-state index contributed by atoms with van der Waals surface area (Å²) in [6, 6.07) is 26.7. The fourth-order valence-electron chi connectivity index (χ4n) is 4.83. The molecule has 7 heteroatoms. The maximum absolute atomic E-state index is 13.5. The number of fused-ring (bicyclic) bond motifs is 2. The Labute approximate surface area is 223 Å². The summed E-state index contributed by atoms with van der Waals surface area (Å²) in [6.45, 7) is 0.478. The molecule has 3 aromatic carbocycles. The van der Waals surface area contributed by atoms with E-state index < -0.39 is 0 Å². The third-order valence-corrected chi connectivity index (χ3v) is 6.81. The first-order chi connectivity index (χ1) is 19.2. The molecule has 0 atom stereocenters. The van der Waals surface area contributed by atoms with Crippen LogP contribution in [0.15, 0.2) is 110 Å². The fourth-order valence-corrected chi connectivity index (χ4v) is 4.83. The molecule has 4 heterocycles. The number of rotatable bonds is 6. The van der Waals surface area contributed by atoms with Gasteiger partial charge in [-0.1, -0.05) is 48.5 Å². The largest absolute Gasteiger partial charge is 0.487 e. The molecule has 7 rings (SSSR count). The number of aromatic nitrogens is 5. The molecule has 0 aliphatic carbocycles. The van der Waals surface area contributed by atoms with Gasteiger partial charge in [-0.05, 0) is 53.1 Å². The van der Waals surface area contributed by atoms with Crippen molar-refractivity contribution < 1.29 is 9.13 Å². The van der Waals surface area contributed by atoms with Crippen molar-refractivity contribution in [2.45, 2.75) is 6.61 Å². The number of hydrogen-bond donors (Lipinski definition) is 2. The Hall–Kier alpha value is -5.30. The molecule has 7 aromatic rings. The van der Waals surface area contributed by atoms with Crippen molar-refractivity contribution in [2.24, 2.45) is 0 Å². The first-order valence-electron chi connectivity index (χ1n) is 12.5. The van der Waals surface area contributed by atoms with Gasteiger partial charge < -0.3 is 9.72 Å². The minimum Gasteiger partial charge on any atom is -0.487 e. The lowest BCUT2D eigenvalue weighted by Crippen LogP contribution is -1.95. The smallest absolute Gasteiger partial charge is 0.138 e. The van der Waals surface area contributed by atoms with Crippen LogP contribution in [0.2, 0.25) is 0 Å². The Morgan fingerprint density at radius 1 is 0.692 bits per heavy atom. The molecule has 0 radical (unpaired) electrons. The van der Waals surface area contributed by atoms with Gasteiger partial charge in [0, 0.05) is 34.3 Å². The number of ether oxygens (including phenoxy) is 1. The Morgan fingerprint density at radius 2 is 1.51 bits per heavy atom. The van der Waals surface area contributed by atoms with E-state index in [0.29, 0.717) is 12.4 Å². The summed E-state index contributed by atoms with van der Waals surface area (Å²) in [5.41, 5.74) is 8.36. The van der Waals surface area contributed by atoms with Crippen molar-refractivity contribution in [1.82, 2.24) is 25.1 Å². The zero-order valence-electron chi connectivity index (χ0n) is 20.7. The summed E-state index contributed by atoms with van der Waals surface area (Å²) in [5.74, 6) is 0.441. The number of aromatic amines is 2. The van der Waals surface area contributed by atoms with Crippen LogP contribution in [0.3, 0.4) is 0 Å². The Kier molecular flexibility index (Phi) is 5.59. The molecule has 39 heavy (non-hydrogen) atoms. The quantitative estimate of drug-likeness (QED) is 0.242. The van der Waals surface area contributed by atoms with E-state index >= 15 is 0 Å². The maximum Gasteiger partial charge on any atom is 0.138 e. The third-order valence-electron chi connectivity index (χ3n) is 6.81. The molecule has 0 aliphatic rings. The van der Waals surface area contributed by atoms with Gasteiger partial charge >= 0.3 is 0 Å². The van der Waals surface area contributed by atoms with Crippen LogP contribution in [0.5, 0.6) is 5.75 Å². The minimum atomic E-state index is -0.268. The highest BCUT2D eigenvalue weighted by Crippen LogP contribution is 2.35. The second-order valence-electron chi connectivity index (χ2n) is 9.35. The average Bonchev–Trinajstić information content (AvgIpc) is 3.61. The lowest BCUT2D eigenvalue weighted by atomic mass is 10.0. The highest BCUT2D eigenvalue weighted by molar-refractivity contribution is 6.01. The van der Waals surface area contributed by atoms with Crippen molar-refractivity contribution in [3.8, 4) is 39.4 Å². The van der Waals surface area contributed by atoms with Crippen LogP contribution in [0.4, 0.5) is 4.39 Å². The van der Waals surface area contributed by atoms with Gasteiger partial charge in [-0.25, -0.2) is 4.39 Å². The molecule has 0 fully saturated rings. The lowest BCUT2D eigenvalue weighted by molar-refractivity contribution is 0.305. The molecule has 0 bridgehead atoms. The maximum atomic E-state index is 13.5. The van der Waals surface area contributed by atoms with Gasteiger partial charge in [-0.2, -0.15) is 5.10 Å². The van der Waals surface area contributed by atoms with Crippen molar-refractivity contribution in [3.63, 3.8) is 0 Å². The van der Waals surface area contributed by atoms with Gasteiger partial charge in [0.25, 0.3) is 0 Å². The first kappa shape index (κ1) is 22.9. The van der Waals surface area contributed by atoms with Crippen LogP contribution < -0.4 is 4.74 Å². The van der Waals surface area contributed by atoms with E-state index in [1.54, 1.807) is 30.7 Å². The molecule has 0 spiro atoms. The van der Waals surface area contributed by atoms with Crippen LogP contribution in [0, 0.1) is 5.82 Å². The molecule has 0 saturated carbocycles. The van der Waals surface area contributed by atoms with Crippen molar-refractivity contribution >= 4 is 21.8 Å². The number of benzene rings is 3. The van der Waals surface area contributed by atoms with Gasteiger partial charge in [0.2, 0.25) is 0 Å². The second kappa shape index (κ2) is 9.54. The molecule has 0 unspecified atom stereocenters. The molecule has 6 nitrogen and oxygen atoms in total. The number of nitrogens with one attached hydrogen (secondary N) is 2. The summed E-state index contributed by atoms with van der Waals surface area (Å²) < 4.78 is 19.5. The number of hydrogen-bond acceptors (Lipinski definition) is 4. The summed E-state index contributed by atoms with van der Waals surface area (Å²) >= 11 is 0. The predicted octanol–water partition coefficient (Wildman–Crippen LogP) is 7.55. The number of nitrogens with zero attached hydrogens (tertiary/aromatic N) is 3. The number of pyridine rings is 2. The zero-order valence-corrected chi connectivity index (χ0v) is 20.7. The molecule has 4 aromatic heterocycles. The lowest BCUT2D eigenvalue weighted by Gasteiger charge is -2.08. The molecule has 2 N–H and O–H groups in total.